The third kappa shape index (κ3) is 3.12. The van der Waals surface area contributed by atoms with E-state index in [2.05, 4.69) is 42.2 Å². The topological polar surface area (TPSA) is 82.2 Å². The van der Waals surface area contributed by atoms with Crippen molar-refractivity contribution < 1.29 is 9.63 Å². The number of carbonyl (C=O) groups is 1. The molecule has 0 saturated heterocycles. The highest BCUT2D eigenvalue weighted by molar-refractivity contribution is 5.91. The van der Waals surface area contributed by atoms with Crippen LogP contribution in [-0.2, 0) is 9.63 Å². The first-order valence-corrected chi connectivity index (χ1v) is 10.00. The van der Waals surface area contributed by atoms with Gasteiger partial charge in [0.05, 0.1) is 22.9 Å². The van der Waals surface area contributed by atoms with Crippen molar-refractivity contribution in [2.45, 2.75) is 70.4 Å². The fraction of sp³-hybridized carbons (Fsp3) is 0.524. The first-order chi connectivity index (χ1) is 13.0. The van der Waals surface area contributed by atoms with E-state index < -0.39 is 11.5 Å². The summed E-state index contributed by atoms with van der Waals surface area (Å²) in [6.45, 7) is 4.15. The number of primary amides is 1. The molecule has 1 amide bonds. The second kappa shape index (κ2) is 7.00. The predicted molar refractivity (Wildman–Crippen MR) is 106 cm³/mol. The number of nitrogens with two attached hydrogens (primary N) is 1. The first-order valence-electron chi connectivity index (χ1n) is 10.00. The number of hydrogen-bond acceptors (Lipinski definition) is 4. The molecule has 2 aliphatic rings. The van der Waals surface area contributed by atoms with Gasteiger partial charge in [0, 0.05) is 10.9 Å². The lowest BCUT2D eigenvalue weighted by Gasteiger charge is -2.20. The summed E-state index contributed by atoms with van der Waals surface area (Å²) in [5.74, 6) is -0.452. The van der Waals surface area contributed by atoms with Gasteiger partial charge >= 0.3 is 0 Å². The van der Waals surface area contributed by atoms with E-state index >= 15 is 0 Å². The number of benzene rings is 1. The van der Waals surface area contributed by atoms with E-state index in [1.807, 2.05) is 6.08 Å². The molecule has 6 nitrogen and oxygen atoms in total. The van der Waals surface area contributed by atoms with Crippen LogP contribution in [0.2, 0.25) is 0 Å². The van der Waals surface area contributed by atoms with Gasteiger partial charge in [0.1, 0.15) is 0 Å². The molecule has 0 bridgehead atoms. The van der Waals surface area contributed by atoms with Crippen molar-refractivity contribution in [2.75, 3.05) is 0 Å². The number of carbonyl (C=O) groups excluding carboxylic acids is 1. The average Bonchev–Trinajstić information content (AvgIpc) is 3.39. The number of fused-ring (bicyclic) bond motifs is 1. The molecule has 1 aromatic carbocycles. The van der Waals surface area contributed by atoms with Gasteiger partial charge in [-0.15, -0.1) is 0 Å². The Morgan fingerprint density at radius 1 is 1.41 bits per heavy atom. The largest absolute Gasteiger partial charge is 0.367 e. The molecule has 1 unspecified atom stereocenters. The molecule has 3 N–H and O–H groups in total. The standard InChI is InChI=1S/C21H28N4O2/c1-3-4-11-21(20(22)26)13-18(24-27-21)15-9-10-17-14(2)23-25(19(17)12-15)16-7-5-6-8-16/h9-10,12-13,16,24H,3-8,11H2,1-2H3,(H2,22,26). The van der Waals surface area contributed by atoms with Crippen LogP contribution in [0.4, 0.5) is 0 Å². The van der Waals surface area contributed by atoms with Gasteiger partial charge in [0.15, 0.2) is 5.60 Å². The molecule has 0 radical (unpaired) electrons. The van der Waals surface area contributed by atoms with Gasteiger partial charge in [-0.1, -0.05) is 38.3 Å². The van der Waals surface area contributed by atoms with Gasteiger partial charge in [0.2, 0.25) is 0 Å². The lowest BCUT2D eigenvalue weighted by Crippen LogP contribution is -2.44. The maximum atomic E-state index is 12.0. The van der Waals surface area contributed by atoms with Crippen LogP contribution in [-0.4, -0.2) is 21.3 Å². The predicted octanol–water partition coefficient (Wildman–Crippen LogP) is 3.75. The van der Waals surface area contributed by atoms with Gasteiger partial charge in [-0.3, -0.25) is 19.8 Å². The number of amides is 1. The maximum Gasteiger partial charge on any atom is 0.256 e. The number of hydroxylamine groups is 1. The smallest absolute Gasteiger partial charge is 0.256 e. The van der Waals surface area contributed by atoms with E-state index in [-0.39, 0.29) is 0 Å². The molecule has 4 rings (SSSR count). The third-order valence-electron chi connectivity index (χ3n) is 5.91. The van der Waals surface area contributed by atoms with Crippen LogP contribution >= 0.6 is 0 Å². The highest BCUT2D eigenvalue weighted by Gasteiger charge is 2.40. The van der Waals surface area contributed by atoms with Gasteiger partial charge in [-0.25, -0.2) is 0 Å². The Balaban J connectivity index is 1.72. The molecule has 0 spiro atoms. The summed E-state index contributed by atoms with van der Waals surface area (Å²) < 4.78 is 2.19. The molecular weight excluding hydrogens is 340 g/mol. The average molecular weight is 368 g/mol. The summed E-state index contributed by atoms with van der Waals surface area (Å²) in [4.78, 5) is 17.7. The molecule has 2 aromatic rings. The van der Waals surface area contributed by atoms with E-state index in [0.717, 1.165) is 35.3 Å². The van der Waals surface area contributed by atoms with Gasteiger partial charge in [-0.2, -0.15) is 5.10 Å². The Morgan fingerprint density at radius 3 is 2.89 bits per heavy atom. The number of hydrogen-bond donors (Lipinski definition) is 2. The van der Waals surface area contributed by atoms with Crippen LogP contribution in [0.1, 0.15) is 69.2 Å². The summed E-state index contributed by atoms with van der Waals surface area (Å²) in [7, 11) is 0. The van der Waals surface area contributed by atoms with Crippen molar-refractivity contribution in [3.63, 3.8) is 0 Å². The van der Waals surface area contributed by atoms with Crippen LogP contribution in [0, 0.1) is 6.92 Å². The molecule has 1 aliphatic heterocycles. The van der Waals surface area contributed by atoms with E-state index in [0.29, 0.717) is 12.5 Å². The zero-order valence-corrected chi connectivity index (χ0v) is 16.1. The Labute approximate surface area is 159 Å². The lowest BCUT2D eigenvalue weighted by atomic mass is 9.94. The van der Waals surface area contributed by atoms with Crippen LogP contribution in [0.25, 0.3) is 16.6 Å². The lowest BCUT2D eigenvalue weighted by molar-refractivity contribution is -0.141. The molecule has 1 aliphatic carbocycles. The van der Waals surface area contributed by atoms with E-state index in [9.17, 15) is 4.79 Å². The Morgan fingerprint density at radius 2 is 2.19 bits per heavy atom. The van der Waals surface area contributed by atoms with Crippen molar-refractivity contribution in [3.8, 4) is 0 Å². The first kappa shape index (κ1) is 18.0. The summed E-state index contributed by atoms with van der Waals surface area (Å²) in [5.41, 5.74) is 11.5. The molecule has 27 heavy (non-hydrogen) atoms. The van der Waals surface area contributed by atoms with Gasteiger partial charge in [0.25, 0.3) is 5.91 Å². The van der Waals surface area contributed by atoms with E-state index in [1.165, 1.54) is 31.1 Å². The monoisotopic (exact) mass is 368 g/mol. The van der Waals surface area contributed by atoms with Crippen molar-refractivity contribution in [2.24, 2.45) is 5.73 Å². The molecule has 144 valence electrons. The number of aromatic nitrogens is 2. The van der Waals surface area contributed by atoms with Crippen LogP contribution in [0.15, 0.2) is 24.3 Å². The number of unbranched alkanes of at least 4 members (excludes halogenated alkanes) is 1. The summed E-state index contributed by atoms with van der Waals surface area (Å²) in [6.07, 6.45) is 9.19. The number of aryl methyl sites for hydroxylation is 1. The van der Waals surface area contributed by atoms with Crippen molar-refractivity contribution >= 4 is 22.5 Å². The van der Waals surface area contributed by atoms with Crippen molar-refractivity contribution in [1.29, 1.82) is 0 Å². The fourth-order valence-corrected chi connectivity index (χ4v) is 4.28. The molecule has 1 fully saturated rings. The SMILES string of the molecule is CCCCC1(C(N)=O)C=C(c2ccc3c(C)nn(C4CCCC4)c3c2)NO1. The zero-order valence-electron chi connectivity index (χ0n) is 16.1. The fourth-order valence-electron chi connectivity index (χ4n) is 4.28. The summed E-state index contributed by atoms with van der Waals surface area (Å²) in [5, 5.41) is 5.99. The number of nitrogens with one attached hydrogen (secondary N) is 1. The van der Waals surface area contributed by atoms with Crippen molar-refractivity contribution in [3.05, 3.63) is 35.5 Å². The summed E-state index contributed by atoms with van der Waals surface area (Å²) in [6, 6.07) is 6.78. The Bertz CT molecular complexity index is 895. The molecular formula is C21H28N4O2. The van der Waals surface area contributed by atoms with E-state index in [1.54, 1.807) is 0 Å². The number of nitrogens with zero attached hydrogens (tertiary/aromatic N) is 2. The molecule has 1 aromatic heterocycles. The Kier molecular flexibility index (Phi) is 4.68. The quantitative estimate of drug-likeness (QED) is 0.813. The van der Waals surface area contributed by atoms with Crippen LogP contribution < -0.4 is 11.2 Å². The molecule has 1 saturated carbocycles. The molecule has 2 heterocycles. The van der Waals surface area contributed by atoms with Gasteiger partial charge in [-0.05, 0) is 44.7 Å². The highest BCUT2D eigenvalue weighted by Crippen LogP contribution is 2.35. The normalized spacial score (nSPS) is 23.0. The number of rotatable bonds is 6. The van der Waals surface area contributed by atoms with Crippen molar-refractivity contribution in [1.82, 2.24) is 15.3 Å². The van der Waals surface area contributed by atoms with E-state index in [4.69, 9.17) is 15.7 Å². The Hall–Kier alpha value is -2.34. The van der Waals surface area contributed by atoms with Crippen LogP contribution in [0.3, 0.4) is 0 Å². The summed E-state index contributed by atoms with van der Waals surface area (Å²) >= 11 is 0. The second-order valence-corrected chi connectivity index (χ2v) is 7.82. The van der Waals surface area contributed by atoms with Gasteiger partial charge < -0.3 is 5.73 Å². The highest BCUT2D eigenvalue weighted by atomic mass is 16.7. The molecule has 6 heteroatoms. The second-order valence-electron chi connectivity index (χ2n) is 7.82. The minimum atomic E-state index is -1.07. The minimum absolute atomic E-state index is 0.452. The minimum Gasteiger partial charge on any atom is -0.367 e. The zero-order chi connectivity index (χ0) is 19.0. The maximum absolute atomic E-state index is 12.0. The third-order valence-corrected chi connectivity index (χ3v) is 5.91. The van der Waals surface area contributed by atoms with Crippen LogP contribution in [0.5, 0.6) is 0 Å². The molecule has 1 atom stereocenters.